The molecule has 0 aliphatic rings. The number of hydrogen-bond donors (Lipinski definition) is 1. The number of aromatic nitrogens is 2. The predicted octanol–water partition coefficient (Wildman–Crippen LogP) is 4.92. The quantitative estimate of drug-likeness (QED) is 0.461. The van der Waals surface area contributed by atoms with Crippen molar-refractivity contribution in [3.63, 3.8) is 0 Å². The Labute approximate surface area is 174 Å². The van der Waals surface area contributed by atoms with Gasteiger partial charge in [-0.25, -0.2) is 4.98 Å². The lowest BCUT2D eigenvalue weighted by Crippen LogP contribution is -2.13. The van der Waals surface area contributed by atoms with Crippen molar-refractivity contribution in [3.05, 3.63) is 64.9 Å². The van der Waals surface area contributed by atoms with E-state index in [4.69, 9.17) is 13.9 Å². The summed E-state index contributed by atoms with van der Waals surface area (Å²) in [5, 5.41) is 2.86. The number of methoxy groups -OCH3 is 2. The molecule has 0 saturated carbocycles. The molecular formula is C21H16BrN3O4. The van der Waals surface area contributed by atoms with Gasteiger partial charge in [0, 0.05) is 28.6 Å². The number of carbonyl (C=O) groups excluding carboxylic acids is 1. The third-order valence-electron chi connectivity index (χ3n) is 4.25. The zero-order chi connectivity index (χ0) is 20.4. The normalized spacial score (nSPS) is 10.7. The molecule has 7 nitrogen and oxygen atoms in total. The molecule has 0 radical (unpaired) electrons. The Hall–Kier alpha value is -3.39. The van der Waals surface area contributed by atoms with E-state index in [2.05, 4.69) is 31.2 Å². The highest BCUT2D eigenvalue weighted by atomic mass is 79.9. The Balaban J connectivity index is 1.61. The second-order valence-electron chi connectivity index (χ2n) is 6.11. The third-order valence-corrected chi connectivity index (χ3v) is 4.68. The first-order valence-corrected chi connectivity index (χ1v) is 9.41. The summed E-state index contributed by atoms with van der Waals surface area (Å²) in [4.78, 5) is 21.3. The molecule has 0 spiro atoms. The zero-order valence-corrected chi connectivity index (χ0v) is 17.2. The van der Waals surface area contributed by atoms with Gasteiger partial charge in [0.2, 0.25) is 5.89 Å². The molecule has 2 aromatic carbocycles. The minimum atomic E-state index is -0.302. The molecule has 0 atom stereocenters. The molecule has 0 bridgehead atoms. The van der Waals surface area contributed by atoms with Gasteiger partial charge in [-0.15, -0.1) is 0 Å². The summed E-state index contributed by atoms with van der Waals surface area (Å²) in [6, 6.07) is 12.2. The molecule has 4 aromatic rings. The van der Waals surface area contributed by atoms with Gasteiger partial charge in [0.1, 0.15) is 17.0 Å². The molecule has 2 aromatic heterocycles. The van der Waals surface area contributed by atoms with Gasteiger partial charge in [0.15, 0.2) is 5.58 Å². The molecule has 0 saturated heterocycles. The van der Waals surface area contributed by atoms with Gasteiger partial charge >= 0.3 is 0 Å². The van der Waals surface area contributed by atoms with Crippen LogP contribution in [-0.2, 0) is 0 Å². The first-order valence-electron chi connectivity index (χ1n) is 8.62. The average molecular weight is 454 g/mol. The Kier molecular flexibility index (Phi) is 5.18. The van der Waals surface area contributed by atoms with E-state index in [1.54, 1.807) is 55.9 Å². The van der Waals surface area contributed by atoms with Crippen molar-refractivity contribution >= 4 is 38.6 Å². The van der Waals surface area contributed by atoms with Crippen molar-refractivity contribution in [2.45, 2.75) is 0 Å². The molecule has 29 heavy (non-hydrogen) atoms. The number of nitrogens with one attached hydrogen (secondary N) is 1. The van der Waals surface area contributed by atoms with E-state index in [0.717, 1.165) is 10.0 Å². The number of hydrogen-bond acceptors (Lipinski definition) is 6. The third kappa shape index (κ3) is 3.93. The van der Waals surface area contributed by atoms with Crippen LogP contribution in [0.25, 0.3) is 22.6 Å². The minimum Gasteiger partial charge on any atom is -0.497 e. The van der Waals surface area contributed by atoms with Crippen molar-refractivity contribution in [1.29, 1.82) is 0 Å². The van der Waals surface area contributed by atoms with Crippen LogP contribution in [0, 0.1) is 0 Å². The number of ether oxygens (including phenoxy) is 2. The maximum Gasteiger partial charge on any atom is 0.259 e. The predicted molar refractivity (Wildman–Crippen MR) is 112 cm³/mol. The van der Waals surface area contributed by atoms with Crippen molar-refractivity contribution in [1.82, 2.24) is 9.97 Å². The zero-order valence-electron chi connectivity index (χ0n) is 15.6. The molecule has 1 N–H and O–H groups in total. The van der Waals surface area contributed by atoms with Gasteiger partial charge in [-0.05, 0) is 52.3 Å². The number of fused-ring (bicyclic) bond motifs is 1. The van der Waals surface area contributed by atoms with Crippen LogP contribution in [0.3, 0.4) is 0 Å². The van der Waals surface area contributed by atoms with Gasteiger partial charge in [0.05, 0.1) is 25.3 Å². The molecule has 8 heteroatoms. The number of anilines is 1. The lowest BCUT2D eigenvalue weighted by atomic mass is 10.1. The van der Waals surface area contributed by atoms with Crippen molar-refractivity contribution < 1.29 is 18.7 Å². The summed E-state index contributed by atoms with van der Waals surface area (Å²) >= 11 is 3.39. The van der Waals surface area contributed by atoms with Crippen LogP contribution < -0.4 is 14.8 Å². The Bertz CT molecular complexity index is 1210. The highest BCUT2D eigenvalue weighted by Gasteiger charge is 2.15. The first-order chi connectivity index (χ1) is 14.1. The van der Waals surface area contributed by atoms with Crippen molar-refractivity contribution in [2.24, 2.45) is 0 Å². The lowest BCUT2D eigenvalue weighted by molar-refractivity contribution is 0.102. The Morgan fingerprint density at radius 3 is 2.69 bits per heavy atom. The minimum absolute atomic E-state index is 0.302. The van der Waals surface area contributed by atoms with Crippen LogP contribution in [0.1, 0.15) is 10.4 Å². The van der Waals surface area contributed by atoms with Gasteiger partial charge in [-0.3, -0.25) is 9.78 Å². The van der Waals surface area contributed by atoms with E-state index in [9.17, 15) is 4.79 Å². The van der Waals surface area contributed by atoms with Crippen LogP contribution in [0.5, 0.6) is 11.5 Å². The fourth-order valence-corrected chi connectivity index (χ4v) is 3.21. The maximum atomic E-state index is 12.7. The first kappa shape index (κ1) is 18.9. The van der Waals surface area contributed by atoms with Gasteiger partial charge in [0.25, 0.3) is 5.91 Å². The van der Waals surface area contributed by atoms with E-state index < -0.39 is 0 Å². The maximum absolute atomic E-state index is 12.7. The Morgan fingerprint density at radius 2 is 1.93 bits per heavy atom. The second-order valence-corrected chi connectivity index (χ2v) is 7.03. The standard InChI is InChI=1S/C21H16BrN3O4/c1-27-15-4-5-16(19(9-15)28-2)20(26)24-14-3-6-18-17(8-14)25-21(29-18)12-7-13(22)11-23-10-12/h3-11H,1-2H3,(H,24,26). The van der Waals surface area contributed by atoms with Gasteiger partial charge in [-0.2, -0.15) is 0 Å². The fourth-order valence-electron chi connectivity index (χ4n) is 2.84. The molecule has 0 aliphatic heterocycles. The molecule has 1 amide bonds. The number of amides is 1. The summed E-state index contributed by atoms with van der Waals surface area (Å²) in [6.45, 7) is 0. The number of nitrogens with zero attached hydrogens (tertiary/aromatic N) is 2. The monoisotopic (exact) mass is 453 g/mol. The SMILES string of the molecule is COc1ccc(C(=O)Nc2ccc3oc(-c4cncc(Br)c4)nc3c2)c(OC)c1. The highest BCUT2D eigenvalue weighted by Crippen LogP contribution is 2.29. The number of oxazole rings is 1. The van der Waals surface area contributed by atoms with Crippen molar-refractivity contribution in [3.8, 4) is 23.0 Å². The summed E-state index contributed by atoms with van der Waals surface area (Å²) in [7, 11) is 3.06. The number of pyridine rings is 1. The van der Waals surface area contributed by atoms with Crippen LogP contribution in [0.2, 0.25) is 0 Å². The van der Waals surface area contributed by atoms with E-state index in [0.29, 0.717) is 39.7 Å². The molecular weight excluding hydrogens is 438 g/mol. The van der Waals surface area contributed by atoms with E-state index >= 15 is 0 Å². The molecule has 146 valence electrons. The summed E-state index contributed by atoms with van der Waals surface area (Å²) in [5.74, 6) is 1.18. The topological polar surface area (TPSA) is 86.5 Å². The molecule has 4 rings (SSSR count). The fraction of sp³-hybridized carbons (Fsp3) is 0.0952. The van der Waals surface area contributed by atoms with Gasteiger partial charge in [-0.1, -0.05) is 0 Å². The van der Waals surface area contributed by atoms with E-state index in [1.807, 2.05) is 6.07 Å². The molecule has 0 aliphatic carbocycles. The van der Waals surface area contributed by atoms with Crippen LogP contribution in [-0.4, -0.2) is 30.1 Å². The summed E-state index contributed by atoms with van der Waals surface area (Å²) in [6.07, 6.45) is 3.36. The molecule has 0 unspecified atom stereocenters. The smallest absolute Gasteiger partial charge is 0.259 e. The van der Waals surface area contributed by atoms with E-state index in [1.165, 1.54) is 7.11 Å². The van der Waals surface area contributed by atoms with Gasteiger partial charge < -0.3 is 19.2 Å². The molecule has 2 heterocycles. The number of carbonyl (C=O) groups is 1. The Morgan fingerprint density at radius 1 is 1.07 bits per heavy atom. The summed E-state index contributed by atoms with van der Waals surface area (Å²) < 4.78 is 17.1. The van der Waals surface area contributed by atoms with Crippen LogP contribution >= 0.6 is 15.9 Å². The number of benzene rings is 2. The number of rotatable bonds is 5. The summed E-state index contributed by atoms with van der Waals surface area (Å²) in [5.41, 5.74) is 2.98. The average Bonchev–Trinajstić information content (AvgIpc) is 3.16. The van der Waals surface area contributed by atoms with E-state index in [-0.39, 0.29) is 5.91 Å². The molecule has 0 fully saturated rings. The van der Waals surface area contributed by atoms with Crippen LogP contribution in [0.15, 0.2) is 63.7 Å². The largest absolute Gasteiger partial charge is 0.497 e. The lowest BCUT2D eigenvalue weighted by Gasteiger charge is -2.10. The van der Waals surface area contributed by atoms with Crippen LogP contribution in [0.4, 0.5) is 5.69 Å². The number of halogens is 1. The highest BCUT2D eigenvalue weighted by molar-refractivity contribution is 9.10. The van der Waals surface area contributed by atoms with Crippen molar-refractivity contribution in [2.75, 3.05) is 19.5 Å². The second kappa shape index (κ2) is 7.92.